The highest BCUT2D eigenvalue weighted by Crippen LogP contribution is 2.31. The number of H-pyrrole nitrogens is 1. The predicted octanol–water partition coefficient (Wildman–Crippen LogP) is 2.85. The van der Waals surface area contributed by atoms with Crippen LogP contribution in [0.3, 0.4) is 0 Å². The maximum absolute atomic E-state index is 12.8. The lowest BCUT2D eigenvalue weighted by Gasteiger charge is -2.30. The van der Waals surface area contributed by atoms with Crippen LogP contribution < -0.4 is 0 Å². The molecule has 0 aliphatic carbocycles. The number of aromatic nitrogens is 4. The number of aromatic amines is 1. The molecule has 4 rings (SSSR count). The topological polar surface area (TPSA) is 87.9 Å². The first-order valence-corrected chi connectivity index (χ1v) is 8.71. The quantitative estimate of drug-likeness (QED) is 0.790. The van der Waals surface area contributed by atoms with Crippen molar-refractivity contribution in [3.8, 4) is 10.6 Å². The molecule has 1 aliphatic heterocycles. The standard InChI is InChI=1S/C16H17N5O2S/c1-10-4-5-12(23-10)13-6-7-14(24-13)16(22)21-8-2-3-11(9-21)15-17-19-20-18-15/h4-7,11H,2-3,8-9H2,1H3,(H,17,18,19,20). The molecule has 124 valence electrons. The predicted molar refractivity (Wildman–Crippen MR) is 88.8 cm³/mol. The van der Waals surface area contributed by atoms with Gasteiger partial charge in [-0.2, -0.15) is 5.21 Å². The summed E-state index contributed by atoms with van der Waals surface area (Å²) >= 11 is 1.47. The highest BCUT2D eigenvalue weighted by atomic mass is 32.1. The van der Waals surface area contributed by atoms with Crippen LogP contribution in [0.4, 0.5) is 0 Å². The first-order valence-electron chi connectivity index (χ1n) is 7.90. The average Bonchev–Trinajstić information content (AvgIpc) is 3.35. The van der Waals surface area contributed by atoms with Crippen LogP contribution in [-0.2, 0) is 0 Å². The third-order valence-corrected chi connectivity index (χ3v) is 5.32. The van der Waals surface area contributed by atoms with E-state index in [4.69, 9.17) is 4.42 Å². The number of aryl methyl sites for hydroxylation is 1. The SMILES string of the molecule is Cc1ccc(-c2ccc(C(=O)N3CCCC(c4nn[nH]n4)C3)s2)o1. The molecule has 0 aromatic carbocycles. The highest BCUT2D eigenvalue weighted by molar-refractivity contribution is 7.17. The molecule has 1 unspecified atom stereocenters. The average molecular weight is 343 g/mol. The lowest BCUT2D eigenvalue weighted by molar-refractivity contribution is 0.0709. The molecule has 1 N–H and O–H groups in total. The van der Waals surface area contributed by atoms with E-state index in [-0.39, 0.29) is 11.8 Å². The molecule has 3 aromatic heterocycles. The maximum Gasteiger partial charge on any atom is 0.263 e. The molecule has 0 radical (unpaired) electrons. The monoisotopic (exact) mass is 343 g/mol. The van der Waals surface area contributed by atoms with Crippen LogP contribution in [0.5, 0.6) is 0 Å². The van der Waals surface area contributed by atoms with Gasteiger partial charge < -0.3 is 9.32 Å². The summed E-state index contributed by atoms with van der Waals surface area (Å²) in [6, 6.07) is 7.67. The Balaban J connectivity index is 1.50. The fourth-order valence-electron chi connectivity index (χ4n) is 3.02. The number of rotatable bonds is 3. The lowest BCUT2D eigenvalue weighted by Crippen LogP contribution is -2.39. The largest absolute Gasteiger partial charge is 0.461 e. The number of likely N-dealkylation sites (tertiary alicyclic amines) is 1. The van der Waals surface area contributed by atoms with E-state index >= 15 is 0 Å². The first kappa shape index (κ1) is 15.1. The summed E-state index contributed by atoms with van der Waals surface area (Å²) in [5.74, 6) is 2.56. The summed E-state index contributed by atoms with van der Waals surface area (Å²) in [5.41, 5.74) is 0. The molecule has 4 heterocycles. The molecule has 1 saturated heterocycles. The molecule has 0 bridgehead atoms. The highest BCUT2D eigenvalue weighted by Gasteiger charge is 2.28. The van der Waals surface area contributed by atoms with Crippen LogP contribution in [-0.4, -0.2) is 44.5 Å². The van der Waals surface area contributed by atoms with Crippen LogP contribution in [0, 0.1) is 6.92 Å². The molecule has 1 amide bonds. The number of amides is 1. The van der Waals surface area contributed by atoms with Crippen molar-refractivity contribution in [1.29, 1.82) is 0 Å². The maximum atomic E-state index is 12.8. The summed E-state index contributed by atoms with van der Waals surface area (Å²) in [7, 11) is 0. The van der Waals surface area contributed by atoms with E-state index in [0.29, 0.717) is 12.4 Å². The summed E-state index contributed by atoms with van der Waals surface area (Å²) in [4.78, 5) is 16.4. The second kappa shape index (κ2) is 6.20. The van der Waals surface area contributed by atoms with Gasteiger partial charge in [0.1, 0.15) is 11.5 Å². The second-order valence-corrected chi connectivity index (χ2v) is 7.02. The molecule has 7 nitrogen and oxygen atoms in total. The van der Waals surface area contributed by atoms with Gasteiger partial charge in [0.25, 0.3) is 5.91 Å². The van der Waals surface area contributed by atoms with Crippen molar-refractivity contribution in [3.63, 3.8) is 0 Å². The zero-order valence-electron chi connectivity index (χ0n) is 13.2. The van der Waals surface area contributed by atoms with E-state index in [2.05, 4.69) is 20.6 Å². The van der Waals surface area contributed by atoms with E-state index in [9.17, 15) is 4.79 Å². The molecule has 0 spiro atoms. The molecule has 1 atom stereocenters. The van der Waals surface area contributed by atoms with Gasteiger partial charge in [-0.25, -0.2) is 0 Å². The van der Waals surface area contributed by atoms with Gasteiger partial charge in [0.2, 0.25) is 0 Å². The van der Waals surface area contributed by atoms with Crippen LogP contribution in [0.15, 0.2) is 28.7 Å². The zero-order valence-corrected chi connectivity index (χ0v) is 14.0. The van der Waals surface area contributed by atoms with E-state index in [1.807, 2.05) is 36.1 Å². The number of hydrogen-bond donors (Lipinski definition) is 1. The number of thiophene rings is 1. The summed E-state index contributed by atoms with van der Waals surface area (Å²) in [6.07, 6.45) is 1.92. The number of carbonyl (C=O) groups is 1. The Morgan fingerprint density at radius 3 is 3.04 bits per heavy atom. The van der Waals surface area contributed by atoms with E-state index in [1.54, 1.807) is 0 Å². The number of tetrazole rings is 1. The fraction of sp³-hybridized carbons (Fsp3) is 0.375. The Labute approximate surface area is 142 Å². The smallest absolute Gasteiger partial charge is 0.263 e. The zero-order chi connectivity index (χ0) is 16.5. The lowest BCUT2D eigenvalue weighted by atomic mass is 9.97. The van der Waals surface area contributed by atoms with E-state index in [0.717, 1.165) is 40.7 Å². The Hall–Kier alpha value is -2.48. The minimum atomic E-state index is 0.0581. The number of nitrogens with zero attached hydrogens (tertiary/aromatic N) is 4. The van der Waals surface area contributed by atoms with Gasteiger partial charge in [0.05, 0.1) is 9.75 Å². The number of carbonyl (C=O) groups excluding carboxylic acids is 1. The minimum Gasteiger partial charge on any atom is -0.461 e. The van der Waals surface area contributed by atoms with Gasteiger partial charge in [-0.3, -0.25) is 4.79 Å². The number of furan rings is 1. The Morgan fingerprint density at radius 2 is 2.29 bits per heavy atom. The van der Waals surface area contributed by atoms with Gasteiger partial charge in [0.15, 0.2) is 5.82 Å². The van der Waals surface area contributed by atoms with Gasteiger partial charge in [-0.15, -0.1) is 21.5 Å². The van der Waals surface area contributed by atoms with Gasteiger partial charge >= 0.3 is 0 Å². The van der Waals surface area contributed by atoms with Crippen LogP contribution >= 0.6 is 11.3 Å². The Bertz CT molecular complexity index is 838. The normalized spacial score (nSPS) is 18.0. The van der Waals surface area contributed by atoms with Crippen LogP contribution in [0.2, 0.25) is 0 Å². The van der Waals surface area contributed by atoms with Gasteiger partial charge in [-0.1, -0.05) is 5.21 Å². The van der Waals surface area contributed by atoms with Crippen molar-refractivity contribution in [2.45, 2.75) is 25.7 Å². The van der Waals surface area contributed by atoms with Crippen molar-refractivity contribution in [2.75, 3.05) is 13.1 Å². The number of piperidine rings is 1. The molecule has 0 saturated carbocycles. The molecule has 8 heteroatoms. The van der Waals surface area contributed by atoms with Gasteiger partial charge in [0, 0.05) is 19.0 Å². The second-order valence-electron chi connectivity index (χ2n) is 5.93. The Morgan fingerprint density at radius 1 is 1.38 bits per heavy atom. The van der Waals surface area contributed by atoms with Crippen LogP contribution in [0.1, 0.15) is 40.0 Å². The molecule has 1 fully saturated rings. The molecule has 1 aliphatic rings. The molecular weight excluding hydrogens is 326 g/mol. The van der Waals surface area contributed by atoms with Crippen molar-refractivity contribution in [2.24, 2.45) is 0 Å². The summed E-state index contributed by atoms with van der Waals surface area (Å²) < 4.78 is 5.63. The summed E-state index contributed by atoms with van der Waals surface area (Å²) in [6.45, 7) is 3.31. The number of hydrogen-bond acceptors (Lipinski definition) is 6. The third kappa shape index (κ3) is 2.84. The molecule has 24 heavy (non-hydrogen) atoms. The van der Waals surface area contributed by atoms with Crippen molar-refractivity contribution in [1.82, 2.24) is 25.5 Å². The molecular formula is C16H17N5O2S. The molecule has 3 aromatic rings. The van der Waals surface area contributed by atoms with Gasteiger partial charge in [-0.05, 0) is 44.0 Å². The fourth-order valence-corrected chi connectivity index (χ4v) is 3.96. The first-order chi connectivity index (χ1) is 11.7. The van der Waals surface area contributed by atoms with Crippen LogP contribution in [0.25, 0.3) is 10.6 Å². The summed E-state index contributed by atoms with van der Waals surface area (Å²) in [5, 5.41) is 14.2. The Kier molecular flexibility index (Phi) is 3.89. The van der Waals surface area contributed by atoms with E-state index < -0.39 is 0 Å². The van der Waals surface area contributed by atoms with Crippen molar-refractivity contribution in [3.05, 3.63) is 40.7 Å². The number of nitrogens with one attached hydrogen (secondary N) is 1. The van der Waals surface area contributed by atoms with E-state index in [1.165, 1.54) is 11.3 Å². The van der Waals surface area contributed by atoms with Crippen molar-refractivity contribution >= 4 is 17.2 Å². The minimum absolute atomic E-state index is 0.0581. The third-order valence-electron chi connectivity index (χ3n) is 4.24. The van der Waals surface area contributed by atoms with Crippen molar-refractivity contribution < 1.29 is 9.21 Å².